The summed E-state index contributed by atoms with van der Waals surface area (Å²) in [7, 11) is 0. The molecule has 0 aromatic heterocycles. The number of nitrogens with one attached hydrogen (secondary N) is 3. The number of anilines is 4. The fourth-order valence-corrected chi connectivity index (χ4v) is 4.84. The fraction of sp³-hybridized carbons (Fsp3) is 0.241. The lowest BCUT2D eigenvalue weighted by molar-refractivity contribution is -0.111. The first kappa shape index (κ1) is 26.3. The minimum atomic E-state index is -0.966. The minimum Gasteiger partial charge on any atom is -0.395 e. The Morgan fingerprint density at radius 3 is 2.67 bits per heavy atom. The van der Waals surface area contributed by atoms with E-state index in [0.29, 0.717) is 38.4 Å². The van der Waals surface area contributed by atoms with Crippen molar-refractivity contribution in [3.05, 3.63) is 84.5 Å². The molecular weight excluding hydrogens is 502 g/mol. The van der Waals surface area contributed by atoms with Gasteiger partial charge in [0.1, 0.15) is 0 Å². The predicted molar refractivity (Wildman–Crippen MR) is 151 cm³/mol. The first-order valence-electron chi connectivity index (χ1n) is 12.8. The summed E-state index contributed by atoms with van der Waals surface area (Å²) >= 11 is 0. The van der Waals surface area contributed by atoms with Crippen LogP contribution in [0.25, 0.3) is 11.1 Å². The van der Waals surface area contributed by atoms with Crippen LogP contribution in [-0.4, -0.2) is 67.7 Å². The molecule has 2 heterocycles. The third-order valence-electron chi connectivity index (χ3n) is 6.85. The number of carbonyl (C=O) groups is 1. The predicted octanol–water partition coefficient (Wildman–Crippen LogP) is 4.11. The van der Waals surface area contributed by atoms with Crippen molar-refractivity contribution in [1.29, 1.82) is 0 Å². The van der Waals surface area contributed by atoms with Gasteiger partial charge in [-0.15, -0.1) is 0 Å². The number of benzene rings is 3. The molecule has 0 radical (unpaired) electrons. The van der Waals surface area contributed by atoms with E-state index in [9.17, 15) is 4.79 Å². The molecular formula is C29H30F2N6O2. The highest BCUT2D eigenvalue weighted by Gasteiger charge is 2.24. The zero-order valence-corrected chi connectivity index (χ0v) is 21.3. The molecule has 3 aromatic rings. The molecule has 2 aliphatic heterocycles. The summed E-state index contributed by atoms with van der Waals surface area (Å²) in [5.74, 6) is -2.18. The van der Waals surface area contributed by atoms with Crippen molar-refractivity contribution >= 4 is 34.9 Å². The second-order valence-electron chi connectivity index (χ2n) is 9.33. The topological polar surface area (TPSA) is 92.2 Å². The van der Waals surface area contributed by atoms with Crippen molar-refractivity contribution in [2.45, 2.75) is 6.29 Å². The quantitative estimate of drug-likeness (QED) is 0.327. The number of carbonyl (C=O) groups excluding carboxylic acids is 1. The molecule has 202 valence electrons. The number of aliphatic hydroxyl groups excluding tert-OH is 1. The van der Waals surface area contributed by atoms with Crippen molar-refractivity contribution in [1.82, 2.24) is 4.90 Å². The monoisotopic (exact) mass is 532 g/mol. The highest BCUT2D eigenvalue weighted by Crippen LogP contribution is 2.35. The van der Waals surface area contributed by atoms with Crippen LogP contribution in [0.2, 0.25) is 0 Å². The largest absolute Gasteiger partial charge is 0.395 e. The van der Waals surface area contributed by atoms with E-state index >= 15 is 8.78 Å². The maximum absolute atomic E-state index is 15.2. The summed E-state index contributed by atoms with van der Waals surface area (Å²) in [5.41, 5.74) is 4.18. The van der Waals surface area contributed by atoms with E-state index in [2.05, 4.69) is 32.4 Å². The van der Waals surface area contributed by atoms with Gasteiger partial charge in [0.2, 0.25) is 5.91 Å². The number of para-hydroxylation sites is 1. The fourth-order valence-electron chi connectivity index (χ4n) is 4.84. The molecule has 1 fully saturated rings. The van der Waals surface area contributed by atoms with Crippen molar-refractivity contribution in [2.75, 3.05) is 60.2 Å². The maximum Gasteiger partial charge on any atom is 0.247 e. The van der Waals surface area contributed by atoms with Gasteiger partial charge in [-0.2, -0.15) is 0 Å². The first-order chi connectivity index (χ1) is 19.0. The summed E-state index contributed by atoms with van der Waals surface area (Å²) < 4.78 is 30.3. The van der Waals surface area contributed by atoms with E-state index in [1.54, 1.807) is 18.3 Å². The SMILES string of the molecule is C=CC(=O)Nc1cccc(-c2cccc3c2NC(Nc2ccc(N4CCN(CCO)CC4)c(F)c2F)N=C3)c1. The van der Waals surface area contributed by atoms with Crippen LogP contribution in [0.3, 0.4) is 0 Å². The van der Waals surface area contributed by atoms with Crippen LogP contribution >= 0.6 is 0 Å². The number of halogens is 2. The van der Waals surface area contributed by atoms with Crippen molar-refractivity contribution in [2.24, 2.45) is 4.99 Å². The van der Waals surface area contributed by atoms with Crippen LogP contribution < -0.4 is 20.9 Å². The van der Waals surface area contributed by atoms with E-state index in [4.69, 9.17) is 5.11 Å². The Morgan fingerprint density at radius 2 is 1.90 bits per heavy atom. The lowest BCUT2D eigenvalue weighted by atomic mass is 9.99. The molecule has 1 unspecified atom stereocenters. The Bertz CT molecular complexity index is 1400. The van der Waals surface area contributed by atoms with Gasteiger partial charge in [0.25, 0.3) is 0 Å². The number of aliphatic imine (C=N–C) groups is 1. The number of amides is 1. The molecule has 0 saturated carbocycles. The number of rotatable bonds is 8. The van der Waals surface area contributed by atoms with Gasteiger partial charge in [0.15, 0.2) is 17.9 Å². The third-order valence-corrected chi connectivity index (χ3v) is 6.85. The van der Waals surface area contributed by atoms with Gasteiger partial charge in [-0.1, -0.05) is 36.9 Å². The van der Waals surface area contributed by atoms with Crippen LogP contribution in [0.1, 0.15) is 5.56 Å². The van der Waals surface area contributed by atoms with E-state index in [1.807, 2.05) is 41.3 Å². The second-order valence-corrected chi connectivity index (χ2v) is 9.33. The molecule has 10 heteroatoms. The molecule has 4 N–H and O–H groups in total. The number of hydrogen-bond donors (Lipinski definition) is 4. The third kappa shape index (κ3) is 5.76. The summed E-state index contributed by atoms with van der Waals surface area (Å²) in [6.07, 6.45) is 2.16. The van der Waals surface area contributed by atoms with Crippen LogP contribution in [0.4, 0.5) is 31.5 Å². The van der Waals surface area contributed by atoms with Gasteiger partial charge < -0.3 is 26.0 Å². The average molecular weight is 533 g/mol. The lowest BCUT2D eigenvalue weighted by Crippen LogP contribution is -2.47. The van der Waals surface area contributed by atoms with Crippen LogP contribution in [0.5, 0.6) is 0 Å². The van der Waals surface area contributed by atoms with Gasteiger partial charge in [-0.05, 0) is 35.9 Å². The Morgan fingerprint density at radius 1 is 1.10 bits per heavy atom. The molecule has 8 nitrogen and oxygen atoms in total. The van der Waals surface area contributed by atoms with E-state index < -0.39 is 17.9 Å². The van der Waals surface area contributed by atoms with Crippen molar-refractivity contribution in [3.63, 3.8) is 0 Å². The summed E-state index contributed by atoms with van der Waals surface area (Å²) in [6.45, 7) is 6.58. The minimum absolute atomic E-state index is 0.000109. The van der Waals surface area contributed by atoms with Crippen LogP contribution in [0, 0.1) is 11.6 Å². The number of aliphatic hydroxyl groups is 1. The molecule has 1 amide bonds. The van der Waals surface area contributed by atoms with Crippen LogP contribution in [-0.2, 0) is 4.79 Å². The molecule has 0 spiro atoms. The smallest absolute Gasteiger partial charge is 0.247 e. The summed E-state index contributed by atoms with van der Waals surface area (Å²) in [6, 6.07) is 16.3. The van der Waals surface area contributed by atoms with Gasteiger partial charge in [0.05, 0.1) is 23.7 Å². The molecule has 3 aromatic carbocycles. The molecule has 39 heavy (non-hydrogen) atoms. The first-order valence-corrected chi connectivity index (χ1v) is 12.8. The van der Waals surface area contributed by atoms with Gasteiger partial charge in [0, 0.05) is 55.8 Å². The highest BCUT2D eigenvalue weighted by atomic mass is 19.2. The zero-order chi connectivity index (χ0) is 27.4. The summed E-state index contributed by atoms with van der Waals surface area (Å²) in [5, 5.41) is 18.1. The van der Waals surface area contributed by atoms with Gasteiger partial charge >= 0.3 is 0 Å². The van der Waals surface area contributed by atoms with Crippen molar-refractivity contribution in [3.8, 4) is 11.1 Å². The Balaban J connectivity index is 1.33. The summed E-state index contributed by atoms with van der Waals surface area (Å²) in [4.78, 5) is 20.1. The number of nitrogens with zero attached hydrogens (tertiary/aromatic N) is 3. The highest BCUT2D eigenvalue weighted by molar-refractivity contribution is 6.00. The van der Waals surface area contributed by atoms with Gasteiger partial charge in [-0.3, -0.25) is 9.69 Å². The molecule has 1 atom stereocenters. The number of piperazine rings is 1. The lowest BCUT2D eigenvalue weighted by Gasteiger charge is -2.36. The number of hydrogen-bond acceptors (Lipinski definition) is 7. The van der Waals surface area contributed by atoms with E-state index in [1.165, 1.54) is 12.1 Å². The normalized spacial score (nSPS) is 16.8. The standard InChI is InChI=1S/C29H30F2N6O2/c1-2-25(39)33-21-7-3-5-19(17-21)22-8-4-6-20-18-32-29(35-28(20)22)34-23-9-10-24(27(31)26(23)30)37-13-11-36(12-14-37)15-16-38/h2-10,17-18,29,34-35,38H,1,11-16H2,(H,33,39). The average Bonchev–Trinajstić information content (AvgIpc) is 2.96. The van der Waals surface area contributed by atoms with Gasteiger partial charge in [-0.25, -0.2) is 13.8 Å². The number of β-amino-alcohol motifs (C(OH)–C–C–N with tert-alkyl or cyclic N) is 1. The molecule has 2 aliphatic rings. The zero-order valence-electron chi connectivity index (χ0n) is 21.3. The van der Waals surface area contributed by atoms with E-state index in [-0.39, 0.29) is 23.9 Å². The van der Waals surface area contributed by atoms with Crippen molar-refractivity contribution < 1.29 is 18.7 Å². The Hall–Kier alpha value is -4.28. The second kappa shape index (κ2) is 11.6. The van der Waals surface area contributed by atoms with Crippen LogP contribution in [0.15, 0.2) is 72.2 Å². The Kier molecular flexibility index (Phi) is 7.85. The maximum atomic E-state index is 15.2. The number of fused-ring (bicyclic) bond motifs is 1. The van der Waals surface area contributed by atoms with E-state index in [0.717, 1.165) is 22.4 Å². The molecule has 5 rings (SSSR count). The molecule has 1 saturated heterocycles. The molecule has 0 aliphatic carbocycles. The molecule has 0 bridgehead atoms. The Labute approximate surface area is 225 Å².